The van der Waals surface area contributed by atoms with Crippen molar-refractivity contribution in [3.8, 4) is 0 Å². The van der Waals surface area contributed by atoms with Crippen LogP contribution in [-0.4, -0.2) is 99.1 Å². The standard InChI is InChI=1S/C30H58N4O6/c1-5-9-19-33(20-10-6-2)29(37)25-39-23-27(35)31-17-15-13-14-16-18-32-28(36)24-40-26-30(38)34(21-11-7-3)22-12-8-4/h5-26H2,1-4H3,(H,31,35)(H,32,36). The Kier molecular flexibility index (Phi) is 25.5. The summed E-state index contributed by atoms with van der Waals surface area (Å²) in [4.78, 5) is 52.3. The molecule has 4 amide bonds. The third kappa shape index (κ3) is 21.6. The van der Waals surface area contributed by atoms with Crippen LogP contribution in [0.15, 0.2) is 0 Å². The number of unbranched alkanes of at least 4 members (excludes halogenated alkanes) is 7. The molecule has 0 saturated heterocycles. The van der Waals surface area contributed by atoms with Gasteiger partial charge < -0.3 is 29.9 Å². The maximum atomic E-state index is 12.4. The number of rotatable bonds is 27. The first kappa shape index (κ1) is 37.8. The maximum Gasteiger partial charge on any atom is 0.248 e. The second-order valence-corrected chi connectivity index (χ2v) is 10.3. The first-order valence-corrected chi connectivity index (χ1v) is 15.6. The van der Waals surface area contributed by atoms with E-state index in [-0.39, 0.29) is 50.1 Å². The Hall–Kier alpha value is -2.20. The Balaban J connectivity index is 3.81. The van der Waals surface area contributed by atoms with Crippen molar-refractivity contribution in [3.05, 3.63) is 0 Å². The summed E-state index contributed by atoms with van der Waals surface area (Å²) in [7, 11) is 0. The minimum atomic E-state index is -0.217. The van der Waals surface area contributed by atoms with Crippen LogP contribution in [0.1, 0.15) is 105 Å². The molecule has 234 valence electrons. The second kappa shape index (κ2) is 27.0. The topological polar surface area (TPSA) is 117 Å². The molecule has 0 aromatic carbocycles. The summed E-state index contributed by atoms with van der Waals surface area (Å²) in [6.45, 7) is 12.1. The van der Waals surface area contributed by atoms with Crippen LogP contribution < -0.4 is 10.6 Å². The average molecular weight is 571 g/mol. The molecular formula is C30H58N4O6. The Morgan fingerprint density at radius 3 is 1.10 bits per heavy atom. The minimum absolute atomic E-state index is 0.0571. The van der Waals surface area contributed by atoms with Gasteiger partial charge in [-0.3, -0.25) is 19.2 Å². The number of hydrogen-bond donors (Lipinski definition) is 2. The van der Waals surface area contributed by atoms with Crippen LogP contribution in [0.25, 0.3) is 0 Å². The summed E-state index contributed by atoms with van der Waals surface area (Å²) < 4.78 is 10.7. The molecule has 2 N–H and O–H groups in total. The number of ether oxygens (including phenoxy) is 2. The summed E-state index contributed by atoms with van der Waals surface area (Å²) in [6, 6.07) is 0. The highest BCUT2D eigenvalue weighted by Crippen LogP contribution is 2.02. The number of nitrogens with one attached hydrogen (secondary N) is 2. The molecule has 0 rings (SSSR count). The Morgan fingerprint density at radius 2 is 0.800 bits per heavy atom. The van der Waals surface area contributed by atoms with E-state index >= 15 is 0 Å². The number of carbonyl (C=O) groups is 4. The minimum Gasteiger partial charge on any atom is -0.362 e. The Morgan fingerprint density at radius 1 is 0.475 bits per heavy atom. The summed E-state index contributed by atoms with van der Waals surface area (Å²) >= 11 is 0. The van der Waals surface area contributed by atoms with Crippen molar-refractivity contribution < 1.29 is 28.7 Å². The van der Waals surface area contributed by atoms with Crippen molar-refractivity contribution >= 4 is 23.6 Å². The molecule has 0 aliphatic rings. The van der Waals surface area contributed by atoms with Gasteiger partial charge in [0.25, 0.3) is 0 Å². The lowest BCUT2D eigenvalue weighted by Gasteiger charge is -2.22. The first-order valence-electron chi connectivity index (χ1n) is 15.6. The van der Waals surface area contributed by atoms with E-state index in [1.165, 1.54) is 0 Å². The molecular weight excluding hydrogens is 512 g/mol. The molecule has 0 atom stereocenters. The van der Waals surface area contributed by atoms with E-state index in [9.17, 15) is 19.2 Å². The van der Waals surface area contributed by atoms with E-state index in [0.29, 0.717) is 13.1 Å². The van der Waals surface area contributed by atoms with Gasteiger partial charge in [0.2, 0.25) is 23.6 Å². The molecule has 0 aromatic rings. The van der Waals surface area contributed by atoms with Crippen LogP contribution in [0.3, 0.4) is 0 Å². The van der Waals surface area contributed by atoms with Crippen molar-refractivity contribution in [2.75, 3.05) is 65.7 Å². The van der Waals surface area contributed by atoms with Crippen LogP contribution in [0.5, 0.6) is 0 Å². The molecule has 0 radical (unpaired) electrons. The van der Waals surface area contributed by atoms with E-state index < -0.39 is 0 Å². The monoisotopic (exact) mass is 570 g/mol. The highest BCUT2D eigenvalue weighted by molar-refractivity contribution is 5.80. The third-order valence-corrected chi connectivity index (χ3v) is 6.50. The molecule has 0 aromatic heterocycles. The molecule has 0 heterocycles. The molecule has 0 unspecified atom stereocenters. The molecule has 40 heavy (non-hydrogen) atoms. The van der Waals surface area contributed by atoms with Gasteiger partial charge in [-0.2, -0.15) is 0 Å². The summed E-state index contributed by atoms with van der Waals surface area (Å²) in [6.07, 6.45) is 11.5. The average Bonchev–Trinajstić information content (AvgIpc) is 2.94. The molecule has 0 spiro atoms. The smallest absolute Gasteiger partial charge is 0.248 e. The van der Waals surface area contributed by atoms with Gasteiger partial charge in [0, 0.05) is 39.3 Å². The Labute approximate surface area is 243 Å². The highest BCUT2D eigenvalue weighted by Gasteiger charge is 2.14. The lowest BCUT2D eigenvalue weighted by Crippen LogP contribution is -2.37. The van der Waals surface area contributed by atoms with Crippen molar-refractivity contribution in [1.29, 1.82) is 0 Å². The lowest BCUT2D eigenvalue weighted by molar-refractivity contribution is -0.139. The zero-order chi connectivity index (χ0) is 29.8. The predicted molar refractivity (Wildman–Crippen MR) is 159 cm³/mol. The van der Waals surface area contributed by atoms with Gasteiger partial charge in [0.1, 0.15) is 26.4 Å². The first-order chi connectivity index (χ1) is 19.4. The summed E-state index contributed by atoms with van der Waals surface area (Å²) in [5.41, 5.74) is 0. The zero-order valence-electron chi connectivity index (χ0n) is 25.9. The van der Waals surface area contributed by atoms with Crippen LogP contribution in [0.2, 0.25) is 0 Å². The number of hydrogen-bond acceptors (Lipinski definition) is 6. The van der Waals surface area contributed by atoms with Crippen molar-refractivity contribution in [1.82, 2.24) is 20.4 Å². The molecule has 0 bridgehead atoms. The van der Waals surface area contributed by atoms with Gasteiger partial charge in [0.15, 0.2) is 0 Å². The normalized spacial score (nSPS) is 10.8. The number of nitrogens with zero attached hydrogens (tertiary/aromatic N) is 2. The maximum absolute atomic E-state index is 12.4. The zero-order valence-corrected chi connectivity index (χ0v) is 25.9. The number of carbonyl (C=O) groups excluding carboxylic acids is 4. The van der Waals surface area contributed by atoms with Crippen molar-refractivity contribution in [2.24, 2.45) is 0 Å². The fourth-order valence-electron chi connectivity index (χ4n) is 3.92. The quantitative estimate of drug-likeness (QED) is 0.146. The van der Waals surface area contributed by atoms with E-state index in [1.54, 1.807) is 0 Å². The molecule has 10 nitrogen and oxygen atoms in total. The van der Waals surface area contributed by atoms with Crippen LogP contribution in [0.4, 0.5) is 0 Å². The van der Waals surface area contributed by atoms with E-state index in [4.69, 9.17) is 9.47 Å². The largest absolute Gasteiger partial charge is 0.362 e. The summed E-state index contributed by atoms with van der Waals surface area (Å²) in [5.74, 6) is -0.547. The predicted octanol–water partition coefficient (Wildman–Crippen LogP) is 3.67. The lowest BCUT2D eigenvalue weighted by atomic mass is 10.2. The van der Waals surface area contributed by atoms with Crippen LogP contribution >= 0.6 is 0 Å². The molecule has 0 aliphatic carbocycles. The molecule has 0 saturated carbocycles. The van der Waals surface area contributed by atoms with Crippen molar-refractivity contribution in [3.63, 3.8) is 0 Å². The molecule has 0 fully saturated rings. The van der Waals surface area contributed by atoms with Gasteiger partial charge in [0.05, 0.1) is 0 Å². The van der Waals surface area contributed by atoms with Crippen LogP contribution in [0, 0.1) is 0 Å². The fourth-order valence-corrected chi connectivity index (χ4v) is 3.92. The van der Waals surface area contributed by atoms with Gasteiger partial charge >= 0.3 is 0 Å². The van der Waals surface area contributed by atoms with E-state index in [2.05, 4.69) is 38.3 Å². The summed E-state index contributed by atoms with van der Waals surface area (Å²) in [5, 5.41) is 5.64. The van der Waals surface area contributed by atoms with E-state index in [0.717, 1.165) is 103 Å². The van der Waals surface area contributed by atoms with Gasteiger partial charge in [-0.25, -0.2) is 0 Å². The fraction of sp³-hybridized carbons (Fsp3) is 0.867. The Bertz CT molecular complexity index is 605. The molecule has 10 heteroatoms. The second-order valence-electron chi connectivity index (χ2n) is 10.3. The van der Waals surface area contributed by atoms with Gasteiger partial charge in [-0.15, -0.1) is 0 Å². The number of amides is 4. The molecule has 0 aliphatic heterocycles. The van der Waals surface area contributed by atoms with Gasteiger partial charge in [-0.1, -0.05) is 66.2 Å². The van der Waals surface area contributed by atoms with E-state index in [1.807, 2.05) is 9.80 Å². The SMILES string of the molecule is CCCCN(CCCC)C(=O)COCC(=O)NCCCCCCNC(=O)COCC(=O)N(CCCC)CCCC. The van der Waals surface area contributed by atoms with Gasteiger partial charge in [-0.05, 0) is 38.5 Å². The van der Waals surface area contributed by atoms with Crippen molar-refractivity contribution in [2.45, 2.75) is 105 Å². The third-order valence-electron chi connectivity index (χ3n) is 6.50. The van der Waals surface area contributed by atoms with Crippen LogP contribution in [-0.2, 0) is 28.7 Å². The highest BCUT2D eigenvalue weighted by atomic mass is 16.5.